The standard InChI is InChI=1S/C43H86N2/c1-4-7-10-13-15-17-19-21-22-23-24-25-27-29-31-34-37-40-45-42-41-44(43(45)38-35-32-12-9-6-3)39-36-33-30-28-26-20-18-16-14-11-8-5-2/h41-43H,4-40H2,1-3H3. The summed E-state index contributed by atoms with van der Waals surface area (Å²) in [6.45, 7) is 9.49. The van der Waals surface area contributed by atoms with Crippen LogP contribution in [-0.4, -0.2) is 29.1 Å². The van der Waals surface area contributed by atoms with Crippen molar-refractivity contribution in [1.29, 1.82) is 0 Å². The van der Waals surface area contributed by atoms with Crippen molar-refractivity contribution in [2.24, 2.45) is 0 Å². The molecule has 1 heterocycles. The van der Waals surface area contributed by atoms with E-state index in [1.54, 1.807) is 0 Å². The first-order valence-corrected chi connectivity index (χ1v) is 21.5. The molecule has 1 atom stereocenters. The summed E-state index contributed by atoms with van der Waals surface area (Å²) in [6.07, 6.45) is 55.9. The molecule has 0 fully saturated rings. The van der Waals surface area contributed by atoms with E-state index in [0.717, 1.165) is 0 Å². The molecule has 0 radical (unpaired) electrons. The minimum absolute atomic E-state index is 0.639. The zero-order valence-corrected chi connectivity index (χ0v) is 31.8. The monoisotopic (exact) mass is 631 g/mol. The summed E-state index contributed by atoms with van der Waals surface area (Å²) in [7, 11) is 0. The molecule has 0 saturated heterocycles. The van der Waals surface area contributed by atoms with Crippen molar-refractivity contribution in [2.75, 3.05) is 13.1 Å². The summed E-state index contributed by atoms with van der Waals surface area (Å²) in [5.41, 5.74) is 0. The van der Waals surface area contributed by atoms with Gasteiger partial charge in [0, 0.05) is 25.5 Å². The Labute approximate surface area is 286 Å². The first-order chi connectivity index (χ1) is 22.3. The highest BCUT2D eigenvalue weighted by Crippen LogP contribution is 2.24. The molecule has 1 unspecified atom stereocenters. The Morgan fingerprint density at radius 3 is 0.778 bits per heavy atom. The van der Waals surface area contributed by atoms with Crippen LogP contribution < -0.4 is 0 Å². The van der Waals surface area contributed by atoms with Crippen molar-refractivity contribution in [3.8, 4) is 0 Å². The second-order valence-electron chi connectivity index (χ2n) is 15.0. The van der Waals surface area contributed by atoms with Crippen molar-refractivity contribution in [1.82, 2.24) is 9.80 Å². The van der Waals surface area contributed by atoms with Crippen LogP contribution in [0.1, 0.15) is 245 Å². The third-order valence-corrected chi connectivity index (χ3v) is 10.6. The van der Waals surface area contributed by atoms with Gasteiger partial charge >= 0.3 is 0 Å². The summed E-state index contributed by atoms with van der Waals surface area (Å²) >= 11 is 0. The third kappa shape index (κ3) is 27.0. The van der Waals surface area contributed by atoms with Crippen LogP contribution in [0.2, 0.25) is 0 Å². The van der Waals surface area contributed by atoms with Gasteiger partial charge in [-0.05, 0) is 25.7 Å². The molecule has 268 valence electrons. The summed E-state index contributed by atoms with van der Waals surface area (Å²) < 4.78 is 0. The molecular weight excluding hydrogens is 544 g/mol. The lowest BCUT2D eigenvalue weighted by atomic mass is 10.0. The number of nitrogens with zero attached hydrogens (tertiary/aromatic N) is 2. The van der Waals surface area contributed by atoms with Gasteiger partial charge in [-0.25, -0.2) is 0 Å². The fourth-order valence-corrected chi connectivity index (χ4v) is 7.42. The molecule has 2 heteroatoms. The number of rotatable bonds is 37. The van der Waals surface area contributed by atoms with E-state index in [1.807, 2.05) is 0 Å². The molecule has 0 aromatic carbocycles. The summed E-state index contributed by atoms with van der Waals surface area (Å²) in [5.74, 6) is 0. The third-order valence-electron chi connectivity index (χ3n) is 10.6. The summed E-state index contributed by atoms with van der Waals surface area (Å²) in [6, 6.07) is 0. The largest absolute Gasteiger partial charge is 0.356 e. The van der Waals surface area contributed by atoms with Crippen molar-refractivity contribution >= 4 is 0 Å². The molecule has 0 spiro atoms. The van der Waals surface area contributed by atoms with Gasteiger partial charge in [-0.3, -0.25) is 0 Å². The first kappa shape index (κ1) is 42.4. The van der Waals surface area contributed by atoms with Gasteiger partial charge in [0.25, 0.3) is 0 Å². The molecule has 0 aliphatic carbocycles. The SMILES string of the molecule is CCCCCCCCCCCCCCCCCCCN1C=CN(CCCCCCCCCCCCCC)C1CCCCCCC. The van der Waals surface area contributed by atoms with Crippen LogP contribution >= 0.6 is 0 Å². The van der Waals surface area contributed by atoms with E-state index in [1.165, 1.54) is 238 Å². The maximum Gasteiger partial charge on any atom is 0.101 e. The molecule has 1 rings (SSSR count). The van der Waals surface area contributed by atoms with Crippen LogP contribution in [0.5, 0.6) is 0 Å². The van der Waals surface area contributed by atoms with E-state index in [2.05, 4.69) is 43.0 Å². The number of hydrogen-bond acceptors (Lipinski definition) is 2. The highest BCUT2D eigenvalue weighted by atomic mass is 15.4. The predicted molar refractivity (Wildman–Crippen MR) is 205 cm³/mol. The lowest BCUT2D eigenvalue weighted by Crippen LogP contribution is -2.39. The Morgan fingerprint density at radius 1 is 0.289 bits per heavy atom. The highest BCUT2D eigenvalue weighted by Gasteiger charge is 2.24. The van der Waals surface area contributed by atoms with Crippen molar-refractivity contribution in [2.45, 2.75) is 252 Å². The first-order valence-electron chi connectivity index (χ1n) is 21.5. The van der Waals surface area contributed by atoms with Gasteiger partial charge in [-0.1, -0.05) is 220 Å². The molecule has 0 N–H and O–H groups in total. The van der Waals surface area contributed by atoms with Crippen LogP contribution in [0.15, 0.2) is 12.4 Å². The van der Waals surface area contributed by atoms with Gasteiger partial charge in [-0.15, -0.1) is 0 Å². The Bertz CT molecular complexity index is 586. The zero-order valence-electron chi connectivity index (χ0n) is 31.8. The van der Waals surface area contributed by atoms with Crippen molar-refractivity contribution in [3.05, 3.63) is 12.4 Å². The molecule has 2 nitrogen and oxygen atoms in total. The molecular formula is C43H86N2. The maximum absolute atomic E-state index is 2.71. The number of unbranched alkanes of at least 4 members (excludes halogenated alkanes) is 31. The molecule has 0 amide bonds. The quantitative estimate of drug-likeness (QED) is 0.0630. The minimum Gasteiger partial charge on any atom is -0.356 e. The van der Waals surface area contributed by atoms with Crippen LogP contribution in [0, 0.1) is 0 Å². The van der Waals surface area contributed by atoms with Gasteiger partial charge in [0.1, 0.15) is 6.17 Å². The summed E-state index contributed by atoms with van der Waals surface area (Å²) in [4.78, 5) is 5.43. The predicted octanol–water partition coefficient (Wildman–Crippen LogP) is 15.1. The van der Waals surface area contributed by atoms with E-state index < -0.39 is 0 Å². The van der Waals surface area contributed by atoms with Gasteiger partial charge < -0.3 is 9.80 Å². The lowest BCUT2D eigenvalue weighted by molar-refractivity contribution is 0.135. The Balaban J connectivity index is 2.08. The fraction of sp³-hybridized carbons (Fsp3) is 0.953. The Kier molecular flexibility index (Phi) is 32.6. The molecule has 0 aromatic heterocycles. The molecule has 45 heavy (non-hydrogen) atoms. The Morgan fingerprint density at radius 2 is 0.511 bits per heavy atom. The van der Waals surface area contributed by atoms with Crippen LogP contribution in [-0.2, 0) is 0 Å². The normalized spacial score (nSPS) is 14.8. The van der Waals surface area contributed by atoms with Crippen molar-refractivity contribution < 1.29 is 0 Å². The van der Waals surface area contributed by atoms with Crippen LogP contribution in [0.3, 0.4) is 0 Å². The van der Waals surface area contributed by atoms with E-state index in [4.69, 9.17) is 0 Å². The average molecular weight is 631 g/mol. The van der Waals surface area contributed by atoms with E-state index in [9.17, 15) is 0 Å². The van der Waals surface area contributed by atoms with Gasteiger partial charge in [0.05, 0.1) is 0 Å². The molecule has 1 aliphatic heterocycles. The van der Waals surface area contributed by atoms with Gasteiger partial charge in [-0.2, -0.15) is 0 Å². The molecule has 0 aromatic rings. The van der Waals surface area contributed by atoms with Gasteiger partial charge in [0.15, 0.2) is 0 Å². The van der Waals surface area contributed by atoms with Crippen LogP contribution in [0.4, 0.5) is 0 Å². The second kappa shape index (κ2) is 34.7. The molecule has 0 bridgehead atoms. The zero-order chi connectivity index (χ0) is 32.3. The van der Waals surface area contributed by atoms with E-state index >= 15 is 0 Å². The fourth-order valence-electron chi connectivity index (χ4n) is 7.42. The topological polar surface area (TPSA) is 6.48 Å². The lowest BCUT2D eigenvalue weighted by Gasteiger charge is -2.33. The van der Waals surface area contributed by atoms with E-state index in [-0.39, 0.29) is 0 Å². The Hall–Kier alpha value is -0.660. The average Bonchev–Trinajstić information content (AvgIpc) is 3.43. The van der Waals surface area contributed by atoms with E-state index in [0.29, 0.717) is 6.17 Å². The molecule has 0 saturated carbocycles. The van der Waals surface area contributed by atoms with Crippen molar-refractivity contribution in [3.63, 3.8) is 0 Å². The smallest absolute Gasteiger partial charge is 0.101 e. The van der Waals surface area contributed by atoms with Gasteiger partial charge in [0.2, 0.25) is 0 Å². The highest BCUT2D eigenvalue weighted by molar-refractivity contribution is 4.97. The maximum atomic E-state index is 2.71. The minimum atomic E-state index is 0.639. The number of hydrogen-bond donors (Lipinski definition) is 0. The van der Waals surface area contributed by atoms with Crippen LogP contribution in [0.25, 0.3) is 0 Å². The summed E-state index contributed by atoms with van der Waals surface area (Å²) in [5, 5.41) is 0. The second-order valence-corrected chi connectivity index (χ2v) is 15.0. The molecule has 1 aliphatic rings.